The molecule has 0 aliphatic heterocycles. The summed E-state index contributed by atoms with van der Waals surface area (Å²) in [6.07, 6.45) is 10.6. The van der Waals surface area contributed by atoms with E-state index in [4.69, 9.17) is 0 Å². The van der Waals surface area contributed by atoms with E-state index in [1.54, 1.807) is 0 Å². The fourth-order valence-corrected chi connectivity index (χ4v) is 3.49. The second kappa shape index (κ2) is 10.6. The molecule has 0 unspecified atom stereocenters. The third kappa shape index (κ3) is 5.81. The summed E-state index contributed by atoms with van der Waals surface area (Å²) < 4.78 is 14.8. The lowest BCUT2D eigenvalue weighted by Gasteiger charge is -2.06. The standard InChI is InChI=1S/C28H29F/c1-3-5-7-9-22-11-13-23(14-12-22)15-16-24-17-20-27-26(21-24)19-18-25(28(27)29)10-8-6-4-2/h4,6,11-14,17-21H,3,5,7-10H2,1-2H3/b6-4+. The smallest absolute Gasteiger partial charge is 0.134 e. The van der Waals surface area contributed by atoms with Crippen molar-refractivity contribution in [3.8, 4) is 11.8 Å². The molecule has 0 heterocycles. The van der Waals surface area contributed by atoms with Gasteiger partial charge in [0.1, 0.15) is 5.82 Å². The summed E-state index contributed by atoms with van der Waals surface area (Å²) in [5.74, 6) is 6.34. The molecule has 3 aromatic carbocycles. The van der Waals surface area contributed by atoms with Crippen LogP contribution in [-0.2, 0) is 12.8 Å². The van der Waals surface area contributed by atoms with Crippen LogP contribution < -0.4 is 0 Å². The van der Waals surface area contributed by atoms with Gasteiger partial charge >= 0.3 is 0 Å². The maximum Gasteiger partial charge on any atom is 0.134 e. The van der Waals surface area contributed by atoms with E-state index in [1.165, 1.54) is 24.8 Å². The van der Waals surface area contributed by atoms with Crippen molar-refractivity contribution < 1.29 is 4.39 Å². The number of aryl methyl sites for hydroxylation is 2. The van der Waals surface area contributed by atoms with Crippen LogP contribution in [0.15, 0.2) is 66.7 Å². The Morgan fingerprint density at radius 1 is 0.862 bits per heavy atom. The molecule has 0 saturated heterocycles. The van der Waals surface area contributed by atoms with Crippen molar-refractivity contribution in [3.05, 3.63) is 94.8 Å². The molecule has 3 rings (SSSR count). The van der Waals surface area contributed by atoms with E-state index >= 15 is 0 Å². The van der Waals surface area contributed by atoms with Crippen LogP contribution in [0.5, 0.6) is 0 Å². The van der Waals surface area contributed by atoms with Crippen molar-refractivity contribution in [1.29, 1.82) is 0 Å². The first-order valence-corrected chi connectivity index (χ1v) is 10.6. The molecule has 0 amide bonds. The highest BCUT2D eigenvalue weighted by molar-refractivity contribution is 5.85. The first-order valence-electron chi connectivity index (χ1n) is 10.6. The van der Waals surface area contributed by atoms with E-state index in [-0.39, 0.29) is 5.82 Å². The summed E-state index contributed by atoms with van der Waals surface area (Å²) in [4.78, 5) is 0. The lowest BCUT2D eigenvalue weighted by Crippen LogP contribution is -1.92. The average molecular weight is 385 g/mol. The van der Waals surface area contributed by atoms with E-state index in [0.717, 1.165) is 41.3 Å². The molecule has 148 valence electrons. The molecule has 3 aromatic rings. The van der Waals surface area contributed by atoms with Gasteiger partial charge in [0.2, 0.25) is 0 Å². The van der Waals surface area contributed by atoms with E-state index in [0.29, 0.717) is 5.39 Å². The topological polar surface area (TPSA) is 0 Å². The fourth-order valence-electron chi connectivity index (χ4n) is 3.49. The zero-order valence-electron chi connectivity index (χ0n) is 17.5. The van der Waals surface area contributed by atoms with Gasteiger partial charge in [-0.3, -0.25) is 0 Å². The number of unbranched alkanes of at least 4 members (excludes halogenated alkanes) is 2. The monoisotopic (exact) mass is 384 g/mol. The maximum absolute atomic E-state index is 14.8. The highest BCUT2D eigenvalue weighted by Gasteiger charge is 2.07. The van der Waals surface area contributed by atoms with Gasteiger partial charge in [0.05, 0.1) is 0 Å². The number of fused-ring (bicyclic) bond motifs is 1. The molecule has 0 saturated carbocycles. The molecule has 0 aromatic heterocycles. The number of benzene rings is 3. The maximum atomic E-state index is 14.8. The molecule has 0 nitrogen and oxygen atoms in total. The van der Waals surface area contributed by atoms with Crippen LogP contribution in [0.1, 0.15) is 61.8 Å². The van der Waals surface area contributed by atoms with Gasteiger partial charge in [-0.05, 0) is 73.4 Å². The minimum Gasteiger partial charge on any atom is -0.206 e. The van der Waals surface area contributed by atoms with E-state index in [2.05, 4.69) is 49.1 Å². The van der Waals surface area contributed by atoms with Crippen LogP contribution in [0, 0.1) is 17.7 Å². The second-order valence-corrected chi connectivity index (χ2v) is 7.49. The van der Waals surface area contributed by atoms with Crippen LogP contribution in [0.4, 0.5) is 4.39 Å². The zero-order valence-corrected chi connectivity index (χ0v) is 17.5. The van der Waals surface area contributed by atoms with Crippen LogP contribution >= 0.6 is 0 Å². The summed E-state index contributed by atoms with van der Waals surface area (Å²) in [6, 6.07) is 18.2. The van der Waals surface area contributed by atoms with Gasteiger partial charge in [0.15, 0.2) is 0 Å². The first-order chi connectivity index (χ1) is 14.2. The van der Waals surface area contributed by atoms with Gasteiger partial charge in [-0.15, -0.1) is 0 Å². The molecule has 1 heteroatoms. The Morgan fingerprint density at radius 2 is 1.62 bits per heavy atom. The summed E-state index contributed by atoms with van der Waals surface area (Å²) in [6.45, 7) is 4.21. The summed E-state index contributed by atoms with van der Waals surface area (Å²) in [5, 5.41) is 1.57. The fraction of sp³-hybridized carbons (Fsp3) is 0.286. The summed E-state index contributed by atoms with van der Waals surface area (Å²) in [5.41, 5.74) is 4.06. The Morgan fingerprint density at radius 3 is 2.38 bits per heavy atom. The second-order valence-electron chi connectivity index (χ2n) is 7.49. The van der Waals surface area contributed by atoms with Crippen molar-refractivity contribution in [2.45, 2.75) is 52.4 Å². The van der Waals surface area contributed by atoms with Crippen molar-refractivity contribution in [3.63, 3.8) is 0 Å². The lowest BCUT2D eigenvalue weighted by molar-refractivity contribution is 0.621. The Labute approximate surface area is 174 Å². The average Bonchev–Trinajstić information content (AvgIpc) is 2.75. The third-order valence-electron chi connectivity index (χ3n) is 5.22. The van der Waals surface area contributed by atoms with E-state index in [1.807, 2.05) is 43.3 Å². The molecule has 0 bridgehead atoms. The quantitative estimate of drug-likeness (QED) is 0.223. The van der Waals surface area contributed by atoms with Crippen molar-refractivity contribution >= 4 is 10.8 Å². The third-order valence-corrected chi connectivity index (χ3v) is 5.22. The largest absolute Gasteiger partial charge is 0.206 e. The molecular weight excluding hydrogens is 355 g/mol. The predicted octanol–water partition coefficient (Wildman–Crippen LogP) is 7.62. The van der Waals surface area contributed by atoms with Crippen LogP contribution in [0.25, 0.3) is 10.8 Å². The van der Waals surface area contributed by atoms with Crippen molar-refractivity contribution in [2.75, 3.05) is 0 Å². The highest BCUT2D eigenvalue weighted by Crippen LogP contribution is 2.23. The van der Waals surface area contributed by atoms with Crippen molar-refractivity contribution in [1.82, 2.24) is 0 Å². The first kappa shape index (κ1) is 20.9. The van der Waals surface area contributed by atoms with Gasteiger partial charge in [-0.1, -0.05) is 74.1 Å². The Hall–Kier alpha value is -2.85. The Kier molecular flexibility index (Phi) is 7.65. The minimum absolute atomic E-state index is 0.106. The molecular formula is C28H29F. The normalized spacial score (nSPS) is 11.0. The predicted molar refractivity (Wildman–Crippen MR) is 123 cm³/mol. The van der Waals surface area contributed by atoms with Crippen LogP contribution in [0.3, 0.4) is 0 Å². The van der Waals surface area contributed by atoms with Gasteiger partial charge < -0.3 is 0 Å². The summed E-state index contributed by atoms with van der Waals surface area (Å²) in [7, 11) is 0. The van der Waals surface area contributed by atoms with Gasteiger partial charge in [0, 0.05) is 16.5 Å². The number of allylic oxidation sites excluding steroid dienone is 2. The van der Waals surface area contributed by atoms with E-state index < -0.39 is 0 Å². The summed E-state index contributed by atoms with van der Waals surface area (Å²) >= 11 is 0. The van der Waals surface area contributed by atoms with Gasteiger partial charge in [-0.2, -0.15) is 0 Å². The number of hydrogen-bond donors (Lipinski definition) is 0. The molecule has 0 fully saturated rings. The molecule has 29 heavy (non-hydrogen) atoms. The van der Waals surface area contributed by atoms with Crippen LogP contribution in [0.2, 0.25) is 0 Å². The Balaban J connectivity index is 1.73. The SMILES string of the molecule is C/C=C/CCc1ccc2cc(C#Cc3ccc(CCCCC)cc3)ccc2c1F. The minimum atomic E-state index is -0.106. The molecule has 0 aliphatic rings. The highest BCUT2D eigenvalue weighted by atomic mass is 19.1. The molecule has 0 N–H and O–H groups in total. The van der Waals surface area contributed by atoms with Gasteiger partial charge in [0.25, 0.3) is 0 Å². The zero-order chi connectivity index (χ0) is 20.5. The van der Waals surface area contributed by atoms with E-state index in [9.17, 15) is 4.39 Å². The van der Waals surface area contributed by atoms with Crippen LogP contribution in [-0.4, -0.2) is 0 Å². The number of halogens is 1. The number of rotatable bonds is 7. The molecule has 0 aliphatic carbocycles. The lowest BCUT2D eigenvalue weighted by atomic mass is 10.0. The number of hydrogen-bond acceptors (Lipinski definition) is 0. The van der Waals surface area contributed by atoms with Crippen molar-refractivity contribution in [2.24, 2.45) is 0 Å². The molecule has 0 atom stereocenters. The molecule has 0 radical (unpaired) electrons. The van der Waals surface area contributed by atoms with Gasteiger partial charge in [-0.25, -0.2) is 4.39 Å². The molecule has 0 spiro atoms. The Bertz CT molecular complexity index is 1030.